The molecule has 0 saturated heterocycles. The number of aryl methyl sites for hydroxylation is 4. The van der Waals surface area contributed by atoms with E-state index in [2.05, 4.69) is 36.0 Å². The van der Waals surface area contributed by atoms with Crippen LogP contribution in [0.4, 0.5) is 0 Å². The van der Waals surface area contributed by atoms with E-state index in [4.69, 9.17) is 4.42 Å². The number of hydrogen-bond acceptors (Lipinski definition) is 10. The molecule has 5 heterocycles. The zero-order valence-electron chi connectivity index (χ0n) is 28.1. The molecule has 0 radical (unpaired) electrons. The predicted molar refractivity (Wildman–Crippen MR) is 174 cm³/mol. The Morgan fingerprint density at radius 2 is 1.66 bits per heavy atom. The molecule has 4 amide bonds. The molecule has 3 atom stereocenters. The highest BCUT2D eigenvalue weighted by atomic mass is 32.1. The largest absolute Gasteiger partial charge is 0.443 e. The lowest BCUT2D eigenvalue weighted by Gasteiger charge is -2.27. The summed E-state index contributed by atoms with van der Waals surface area (Å²) in [6, 6.07) is 0.119. The Morgan fingerprint density at radius 3 is 2.34 bits per heavy atom. The Bertz CT molecular complexity index is 1860. The van der Waals surface area contributed by atoms with Gasteiger partial charge in [0.05, 0.1) is 18.3 Å². The number of nitrogens with zero attached hydrogens (tertiary/aromatic N) is 6. The van der Waals surface area contributed by atoms with Crippen molar-refractivity contribution < 1.29 is 23.6 Å². The van der Waals surface area contributed by atoms with Crippen LogP contribution in [0.5, 0.6) is 0 Å². The second-order valence-corrected chi connectivity index (χ2v) is 13.7. The molecule has 0 aromatic carbocycles. The van der Waals surface area contributed by atoms with E-state index in [0.29, 0.717) is 16.3 Å². The van der Waals surface area contributed by atoms with Crippen LogP contribution < -0.4 is 16.0 Å². The third-order valence-electron chi connectivity index (χ3n) is 8.03. The summed E-state index contributed by atoms with van der Waals surface area (Å²) < 4.78 is 7.51. The fourth-order valence-electron chi connectivity index (χ4n) is 5.65. The monoisotopic (exact) mass is 663 g/mol. The fraction of sp³-hybridized carbons (Fsp3) is 0.500. The molecule has 1 aliphatic heterocycles. The molecule has 0 saturated carbocycles. The molecular formula is C32H41N9O5S. The summed E-state index contributed by atoms with van der Waals surface area (Å²) in [5, 5.41) is 15.6. The van der Waals surface area contributed by atoms with Gasteiger partial charge in [0, 0.05) is 29.4 Å². The van der Waals surface area contributed by atoms with Gasteiger partial charge in [0.1, 0.15) is 28.1 Å². The summed E-state index contributed by atoms with van der Waals surface area (Å²) in [4.78, 5) is 69.8. The van der Waals surface area contributed by atoms with E-state index < -0.39 is 41.8 Å². The van der Waals surface area contributed by atoms with Gasteiger partial charge in [0.2, 0.25) is 11.8 Å². The van der Waals surface area contributed by atoms with Gasteiger partial charge in [-0.05, 0) is 52.5 Å². The Kier molecular flexibility index (Phi) is 9.48. The zero-order valence-corrected chi connectivity index (χ0v) is 28.9. The van der Waals surface area contributed by atoms with Crippen molar-refractivity contribution in [3.05, 3.63) is 62.1 Å². The molecule has 4 aromatic heterocycles. The maximum atomic E-state index is 14.3. The third kappa shape index (κ3) is 6.89. The highest BCUT2D eigenvalue weighted by Crippen LogP contribution is 2.28. The molecule has 0 spiro atoms. The van der Waals surface area contributed by atoms with Gasteiger partial charge in [0.25, 0.3) is 17.7 Å². The number of nitrogens with one attached hydrogen (secondary N) is 3. The fourth-order valence-corrected chi connectivity index (χ4v) is 6.67. The van der Waals surface area contributed by atoms with E-state index in [9.17, 15) is 19.2 Å². The summed E-state index contributed by atoms with van der Waals surface area (Å²) in [5.41, 5.74) is 2.91. The van der Waals surface area contributed by atoms with E-state index in [1.807, 2.05) is 47.6 Å². The van der Waals surface area contributed by atoms with E-state index in [0.717, 1.165) is 11.4 Å². The summed E-state index contributed by atoms with van der Waals surface area (Å²) in [6.45, 7) is 16.2. The Hall–Kier alpha value is -4.66. The number of carbonyl (C=O) groups excluding carboxylic acids is 4. The number of hydrogen-bond donors (Lipinski definition) is 3. The summed E-state index contributed by atoms with van der Waals surface area (Å²) >= 11 is 1.26. The Balaban J connectivity index is 1.56. The van der Waals surface area contributed by atoms with Crippen molar-refractivity contribution in [3.8, 4) is 0 Å². The molecule has 14 nitrogen and oxygen atoms in total. The minimum absolute atomic E-state index is 0.00174. The van der Waals surface area contributed by atoms with Crippen LogP contribution in [0.25, 0.3) is 5.65 Å². The van der Waals surface area contributed by atoms with Gasteiger partial charge in [-0.25, -0.2) is 19.5 Å². The molecule has 0 aliphatic carbocycles. The number of amides is 4. The smallest absolute Gasteiger partial charge is 0.273 e. The second kappa shape index (κ2) is 13.2. The highest BCUT2D eigenvalue weighted by Gasteiger charge is 2.32. The first kappa shape index (κ1) is 33.7. The van der Waals surface area contributed by atoms with Crippen molar-refractivity contribution in [2.75, 3.05) is 13.1 Å². The average Bonchev–Trinajstić information content (AvgIpc) is 3.70. The topological polar surface area (TPSA) is 177 Å². The lowest BCUT2D eigenvalue weighted by atomic mass is 10.0. The van der Waals surface area contributed by atoms with Crippen molar-refractivity contribution in [2.24, 2.45) is 11.8 Å². The molecule has 0 fully saturated rings. The molecule has 5 rings (SSSR count). The van der Waals surface area contributed by atoms with Gasteiger partial charge in [-0.15, -0.1) is 11.3 Å². The highest BCUT2D eigenvalue weighted by molar-refractivity contribution is 7.09. The van der Waals surface area contributed by atoms with Crippen LogP contribution in [-0.2, 0) is 4.79 Å². The van der Waals surface area contributed by atoms with E-state index in [1.54, 1.807) is 30.7 Å². The number of fused-ring (bicyclic) bond motifs is 5. The van der Waals surface area contributed by atoms with Crippen LogP contribution in [0.3, 0.4) is 0 Å². The van der Waals surface area contributed by atoms with E-state index in [1.165, 1.54) is 16.2 Å². The van der Waals surface area contributed by atoms with Crippen molar-refractivity contribution in [3.63, 3.8) is 0 Å². The first-order valence-corrected chi connectivity index (χ1v) is 16.5. The molecule has 250 valence electrons. The maximum Gasteiger partial charge on any atom is 0.273 e. The lowest BCUT2D eigenvalue weighted by Crippen LogP contribution is -2.49. The SMILES string of the molecule is Cc1cc(C)n2nc(C)c(C(=O)N3CC(=O)N[C@@H](C(C)C)c4nc(cs4)C(=O)N[C@H](C(C)C)c4nc(c(C)o4)C(=O)N[C@H](C)C3)c2n1. The molecule has 15 heteroatoms. The van der Waals surface area contributed by atoms with Gasteiger partial charge in [0.15, 0.2) is 11.3 Å². The molecule has 0 unspecified atom stereocenters. The van der Waals surface area contributed by atoms with Gasteiger partial charge in [-0.3, -0.25) is 19.2 Å². The van der Waals surface area contributed by atoms with Crippen LogP contribution >= 0.6 is 11.3 Å². The number of thiazole rings is 1. The second-order valence-electron chi connectivity index (χ2n) is 12.8. The van der Waals surface area contributed by atoms with Gasteiger partial charge in [-0.1, -0.05) is 27.7 Å². The molecular weight excluding hydrogens is 622 g/mol. The van der Waals surface area contributed by atoms with Crippen LogP contribution in [0.2, 0.25) is 0 Å². The Labute approximate surface area is 276 Å². The molecule has 47 heavy (non-hydrogen) atoms. The molecule has 3 N–H and O–H groups in total. The van der Waals surface area contributed by atoms with E-state index in [-0.39, 0.29) is 53.5 Å². The van der Waals surface area contributed by atoms with Crippen molar-refractivity contribution >= 4 is 40.6 Å². The number of rotatable bonds is 3. The zero-order chi connectivity index (χ0) is 34.3. The van der Waals surface area contributed by atoms with Crippen LogP contribution in [0.1, 0.15) is 112 Å². The van der Waals surface area contributed by atoms with Gasteiger partial charge < -0.3 is 25.3 Å². The van der Waals surface area contributed by atoms with Crippen LogP contribution in [0, 0.1) is 39.5 Å². The standard InChI is InChI=1S/C32H41N9O5S/c1-14(2)24-30-38-26(20(9)46-30)29(44)34-17(6)11-40(32(45)23-19(8)39-41-18(7)10-16(5)33-27(23)41)12-22(42)36-25(15(3)4)31-35-21(13-47-31)28(43)37-24/h10,13-15,17,24-25H,11-12H2,1-9H3,(H,34,44)(H,36,42)(H,37,43)/t17-,24-,25+/m1/s1. The van der Waals surface area contributed by atoms with Crippen LogP contribution in [0.15, 0.2) is 15.9 Å². The number of aromatic nitrogens is 5. The minimum atomic E-state index is -0.632. The van der Waals surface area contributed by atoms with Crippen molar-refractivity contribution in [2.45, 2.75) is 80.4 Å². The quantitative estimate of drug-likeness (QED) is 0.295. The van der Waals surface area contributed by atoms with Crippen molar-refractivity contribution in [1.82, 2.24) is 45.4 Å². The lowest BCUT2D eigenvalue weighted by molar-refractivity contribution is -0.122. The van der Waals surface area contributed by atoms with Crippen molar-refractivity contribution in [1.29, 1.82) is 0 Å². The van der Waals surface area contributed by atoms with Gasteiger partial charge in [-0.2, -0.15) is 5.10 Å². The Morgan fingerprint density at radius 1 is 0.957 bits per heavy atom. The van der Waals surface area contributed by atoms with Gasteiger partial charge >= 0.3 is 0 Å². The summed E-state index contributed by atoms with van der Waals surface area (Å²) in [6.07, 6.45) is 0. The average molecular weight is 664 g/mol. The normalized spacial score (nSPS) is 19.9. The number of oxazole rings is 1. The van der Waals surface area contributed by atoms with Crippen LogP contribution in [-0.4, -0.2) is 72.2 Å². The molecule has 4 aromatic rings. The molecule has 4 bridgehead atoms. The summed E-state index contributed by atoms with van der Waals surface area (Å²) in [5.74, 6) is -1.54. The summed E-state index contributed by atoms with van der Waals surface area (Å²) in [7, 11) is 0. The predicted octanol–water partition coefficient (Wildman–Crippen LogP) is 3.62. The molecule has 1 aliphatic rings. The maximum absolute atomic E-state index is 14.3. The number of carbonyl (C=O) groups is 4. The first-order chi connectivity index (χ1) is 22.1. The van der Waals surface area contributed by atoms with E-state index >= 15 is 0 Å². The minimum Gasteiger partial charge on any atom is -0.443 e. The third-order valence-corrected chi connectivity index (χ3v) is 8.96. The first-order valence-electron chi connectivity index (χ1n) is 15.6.